The predicted octanol–water partition coefficient (Wildman–Crippen LogP) is 1.91. The first kappa shape index (κ1) is 25.8. The van der Waals surface area contributed by atoms with Crippen molar-refractivity contribution in [2.75, 3.05) is 6.54 Å². The maximum atomic E-state index is 13.6. The summed E-state index contributed by atoms with van der Waals surface area (Å²) in [6.07, 6.45) is 4.37. The Hall–Kier alpha value is -3.46. The second-order valence-electron chi connectivity index (χ2n) is 8.43. The van der Waals surface area contributed by atoms with E-state index < -0.39 is 34.8 Å². The molecule has 0 spiro atoms. The highest BCUT2D eigenvalue weighted by Crippen LogP contribution is 2.25. The molecular formula is C24H32N4O5. The Bertz CT molecular complexity index is 915. The van der Waals surface area contributed by atoms with Crippen LogP contribution in [0.1, 0.15) is 39.2 Å². The number of ketones is 1. The van der Waals surface area contributed by atoms with Crippen molar-refractivity contribution in [1.29, 1.82) is 0 Å². The molecule has 0 radical (unpaired) electrons. The van der Waals surface area contributed by atoms with Gasteiger partial charge < -0.3 is 15.4 Å². The first-order valence-corrected chi connectivity index (χ1v) is 10.8. The summed E-state index contributed by atoms with van der Waals surface area (Å²) in [5, 5.41) is 5.40. The van der Waals surface area contributed by atoms with Crippen LogP contribution in [-0.4, -0.2) is 41.3 Å². The standard InChI is InChI=1S/C24H32N4O5/c1-5-13-24(17(2)3,27-22(32)33-16-18-11-7-6-8-12-18)21(31)26-23(4)14-9-10-15-25-28-20(30)19(23)29/h5-12,17,25H,1,13-16H2,2-4H3,(H,26,31)(H,27,32)(H,28,30)/b10-9-/t23?,24-/m1/s1. The maximum absolute atomic E-state index is 13.6. The maximum Gasteiger partial charge on any atom is 0.408 e. The van der Waals surface area contributed by atoms with Crippen molar-refractivity contribution in [3.05, 3.63) is 60.7 Å². The van der Waals surface area contributed by atoms with E-state index in [1.165, 1.54) is 13.0 Å². The van der Waals surface area contributed by atoms with Gasteiger partial charge in [0.1, 0.15) is 17.7 Å². The van der Waals surface area contributed by atoms with Gasteiger partial charge in [0, 0.05) is 6.54 Å². The summed E-state index contributed by atoms with van der Waals surface area (Å²) >= 11 is 0. The smallest absolute Gasteiger partial charge is 0.408 e. The number of Topliss-reactive ketones (excluding diaryl/α,β-unsaturated/α-hetero) is 1. The lowest BCUT2D eigenvalue weighted by molar-refractivity contribution is -0.144. The van der Waals surface area contributed by atoms with Crippen LogP contribution >= 0.6 is 0 Å². The zero-order valence-electron chi connectivity index (χ0n) is 19.3. The molecule has 1 aliphatic heterocycles. The number of hydrogen-bond donors (Lipinski definition) is 4. The fraction of sp³-hybridized carbons (Fsp3) is 0.417. The molecule has 0 bridgehead atoms. The Morgan fingerprint density at radius 1 is 1.24 bits per heavy atom. The summed E-state index contributed by atoms with van der Waals surface area (Å²) in [5.74, 6) is -2.67. The normalized spacial score (nSPS) is 21.5. The molecule has 0 aliphatic carbocycles. The van der Waals surface area contributed by atoms with Gasteiger partial charge in [-0.1, -0.05) is 62.4 Å². The number of carbonyl (C=O) groups excluding carboxylic acids is 4. The van der Waals surface area contributed by atoms with E-state index in [0.29, 0.717) is 6.54 Å². The van der Waals surface area contributed by atoms with Gasteiger partial charge in [-0.25, -0.2) is 10.2 Å². The second kappa shape index (κ2) is 11.4. The number of rotatable bonds is 8. The van der Waals surface area contributed by atoms with Gasteiger partial charge in [-0.15, -0.1) is 6.58 Å². The third-order valence-corrected chi connectivity index (χ3v) is 5.61. The Kier molecular flexibility index (Phi) is 8.93. The molecule has 1 aromatic carbocycles. The molecule has 178 valence electrons. The van der Waals surface area contributed by atoms with E-state index in [4.69, 9.17) is 4.74 Å². The highest BCUT2D eigenvalue weighted by atomic mass is 16.5. The number of alkyl carbamates (subject to hydrolysis) is 1. The van der Waals surface area contributed by atoms with E-state index in [1.54, 1.807) is 26.0 Å². The quantitative estimate of drug-likeness (QED) is 0.350. The number of hydrazine groups is 1. The molecule has 1 unspecified atom stereocenters. The largest absolute Gasteiger partial charge is 0.445 e. The average molecular weight is 457 g/mol. The highest BCUT2D eigenvalue weighted by molar-refractivity contribution is 6.39. The molecule has 1 aliphatic rings. The molecule has 0 saturated carbocycles. The average Bonchev–Trinajstić information content (AvgIpc) is 2.84. The van der Waals surface area contributed by atoms with E-state index in [0.717, 1.165) is 5.56 Å². The van der Waals surface area contributed by atoms with Crippen LogP contribution in [0.4, 0.5) is 4.79 Å². The van der Waals surface area contributed by atoms with Crippen LogP contribution in [0.5, 0.6) is 0 Å². The van der Waals surface area contributed by atoms with Crippen LogP contribution in [-0.2, 0) is 25.7 Å². The van der Waals surface area contributed by atoms with Gasteiger partial charge in [0.2, 0.25) is 11.7 Å². The SMILES string of the molecule is C=CC[C@](NC(=O)OCc1ccccc1)(C(=O)NC1(C)C/C=C\CNNC(=O)C1=O)C(C)C. The zero-order valence-corrected chi connectivity index (χ0v) is 19.3. The van der Waals surface area contributed by atoms with E-state index in [1.807, 2.05) is 30.3 Å². The first-order valence-electron chi connectivity index (χ1n) is 10.8. The van der Waals surface area contributed by atoms with Crippen LogP contribution in [0.3, 0.4) is 0 Å². The lowest BCUT2D eigenvalue weighted by atomic mass is 9.80. The van der Waals surface area contributed by atoms with Crippen LogP contribution in [0, 0.1) is 5.92 Å². The summed E-state index contributed by atoms with van der Waals surface area (Å²) < 4.78 is 5.32. The summed E-state index contributed by atoms with van der Waals surface area (Å²) in [7, 11) is 0. The zero-order chi connectivity index (χ0) is 24.5. The highest BCUT2D eigenvalue weighted by Gasteiger charge is 2.47. The van der Waals surface area contributed by atoms with Crippen LogP contribution in [0.15, 0.2) is 55.1 Å². The number of hydrogen-bond acceptors (Lipinski definition) is 6. The molecular weight excluding hydrogens is 424 g/mol. The van der Waals surface area contributed by atoms with Crippen molar-refractivity contribution in [2.45, 2.75) is 51.3 Å². The Balaban J connectivity index is 2.26. The van der Waals surface area contributed by atoms with Crippen molar-refractivity contribution < 1.29 is 23.9 Å². The minimum absolute atomic E-state index is 0.0325. The lowest BCUT2D eigenvalue weighted by Crippen LogP contribution is -2.67. The van der Waals surface area contributed by atoms with Crippen molar-refractivity contribution >= 4 is 23.7 Å². The molecule has 3 amide bonds. The molecule has 0 fully saturated rings. The van der Waals surface area contributed by atoms with Gasteiger partial charge in [0.15, 0.2) is 0 Å². The van der Waals surface area contributed by atoms with Crippen molar-refractivity contribution in [3.63, 3.8) is 0 Å². The number of nitrogens with one attached hydrogen (secondary N) is 4. The minimum Gasteiger partial charge on any atom is -0.445 e. The number of ether oxygens (including phenoxy) is 1. The summed E-state index contributed by atoms with van der Waals surface area (Å²) in [6, 6.07) is 9.14. The van der Waals surface area contributed by atoms with E-state index in [-0.39, 0.29) is 25.4 Å². The Morgan fingerprint density at radius 3 is 2.58 bits per heavy atom. The first-order chi connectivity index (χ1) is 15.6. The number of carbonyl (C=O) groups is 4. The molecule has 2 atom stereocenters. The van der Waals surface area contributed by atoms with Crippen LogP contribution < -0.4 is 21.5 Å². The van der Waals surface area contributed by atoms with E-state index in [2.05, 4.69) is 28.1 Å². The predicted molar refractivity (Wildman–Crippen MR) is 124 cm³/mol. The Morgan fingerprint density at radius 2 is 1.94 bits per heavy atom. The summed E-state index contributed by atoms with van der Waals surface area (Å²) in [5.41, 5.74) is 2.76. The van der Waals surface area contributed by atoms with Gasteiger partial charge >= 0.3 is 12.0 Å². The van der Waals surface area contributed by atoms with Gasteiger partial charge in [-0.3, -0.25) is 19.8 Å². The van der Waals surface area contributed by atoms with Crippen LogP contribution in [0.25, 0.3) is 0 Å². The fourth-order valence-electron chi connectivity index (χ4n) is 3.47. The molecule has 9 heteroatoms. The minimum atomic E-state index is -1.51. The van der Waals surface area contributed by atoms with Gasteiger partial charge in [0.05, 0.1) is 0 Å². The van der Waals surface area contributed by atoms with Crippen molar-refractivity contribution in [3.8, 4) is 0 Å². The third kappa shape index (κ3) is 6.52. The van der Waals surface area contributed by atoms with Gasteiger partial charge in [-0.2, -0.15) is 0 Å². The molecule has 2 rings (SSSR count). The Labute approximate surface area is 194 Å². The molecule has 4 N–H and O–H groups in total. The molecule has 0 saturated heterocycles. The fourth-order valence-corrected chi connectivity index (χ4v) is 3.47. The summed E-state index contributed by atoms with van der Waals surface area (Å²) in [6.45, 7) is 9.11. The third-order valence-electron chi connectivity index (χ3n) is 5.61. The van der Waals surface area contributed by atoms with Crippen molar-refractivity contribution in [1.82, 2.24) is 21.5 Å². The summed E-state index contributed by atoms with van der Waals surface area (Å²) in [4.78, 5) is 51.2. The molecule has 9 nitrogen and oxygen atoms in total. The van der Waals surface area contributed by atoms with Crippen molar-refractivity contribution in [2.24, 2.45) is 5.92 Å². The van der Waals surface area contributed by atoms with E-state index in [9.17, 15) is 19.2 Å². The molecule has 33 heavy (non-hydrogen) atoms. The number of benzene rings is 1. The monoisotopic (exact) mass is 456 g/mol. The van der Waals surface area contributed by atoms with Gasteiger partial charge in [-0.05, 0) is 31.2 Å². The lowest BCUT2D eigenvalue weighted by Gasteiger charge is -2.39. The number of amides is 3. The second-order valence-corrected chi connectivity index (χ2v) is 8.43. The topological polar surface area (TPSA) is 126 Å². The molecule has 1 heterocycles. The molecule has 1 aromatic rings. The molecule has 0 aromatic heterocycles. The van der Waals surface area contributed by atoms with Gasteiger partial charge in [0.25, 0.3) is 0 Å². The van der Waals surface area contributed by atoms with E-state index >= 15 is 0 Å². The van der Waals surface area contributed by atoms with Crippen LogP contribution in [0.2, 0.25) is 0 Å².